The van der Waals surface area contributed by atoms with Crippen molar-refractivity contribution in [3.05, 3.63) is 70.2 Å². The summed E-state index contributed by atoms with van der Waals surface area (Å²) in [6.45, 7) is 4.09. The van der Waals surface area contributed by atoms with Crippen molar-refractivity contribution in [2.24, 2.45) is 0 Å². The number of hydrogen-bond donors (Lipinski definition) is 0. The van der Waals surface area contributed by atoms with Gasteiger partial charge in [0.2, 0.25) is 0 Å². The van der Waals surface area contributed by atoms with Crippen molar-refractivity contribution in [2.75, 3.05) is 25.4 Å². The van der Waals surface area contributed by atoms with Gasteiger partial charge in [-0.1, -0.05) is 29.3 Å². The highest BCUT2D eigenvalue weighted by molar-refractivity contribution is 8.00. The number of likely N-dealkylation sites (tertiary alicyclic amines) is 1. The fraction of sp³-hybridized carbons (Fsp3) is 0.364. The van der Waals surface area contributed by atoms with Crippen molar-refractivity contribution < 1.29 is 9.59 Å². The smallest absolute Gasteiger partial charge is 0.255 e. The first kappa shape index (κ1) is 19.3. The van der Waals surface area contributed by atoms with E-state index in [0.717, 1.165) is 36.3 Å². The van der Waals surface area contributed by atoms with Crippen LogP contribution in [0, 0.1) is 6.92 Å². The van der Waals surface area contributed by atoms with E-state index in [4.69, 9.17) is 11.6 Å². The van der Waals surface area contributed by atoms with Gasteiger partial charge in [0, 0.05) is 41.5 Å². The zero-order chi connectivity index (χ0) is 19.7. The van der Waals surface area contributed by atoms with Gasteiger partial charge < -0.3 is 9.80 Å². The molecule has 1 spiro atoms. The minimum atomic E-state index is -0.197. The summed E-state index contributed by atoms with van der Waals surface area (Å²) >= 11 is 7.79. The normalized spacial score (nSPS) is 18.5. The Hall–Kier alpha value is -1.98. The Morgan fingerprint density at radius 1 is 0.964 bits per heavy atom. The Bertz CT molecular complexity index is 892. The number of nitrogens with zero attached hydrogens (tertiary/aromatic N) is 2. The van der Waals surface area contributed by atoms with Gasteiger partial charge in [-0.25, -0.2) is 0 Å². The first-order valence-corrected chi connectivity index (χ1v) is 10.9. The van der Waals surface area contributed by atoms with Crippen molar-refractivity contribution in [1.82, 2.24) is 9.80 Å². The van der Waals surface area contributed by atoms with E-state index >= 15 is 0 Å². The number of piperidine rings is 1. The maximum absolute atomic E-state index is 13.2. The molecule has 6 heteroatoms. The van der Waals surface area contributed by atoms with Crippen LogP contribution in [0.5, 0.6) is 0 Å². The molecule has 0 atom stereocenters. The van der Waals surface area contributed by atoms with Gasteiger partial charge in [0.05, 0.1) is 4.87 Å². The second-order valence-electron chi connectivity index (χ2n) is 7.42. The summed E-state index contributed by atoms with van der Waals surface area (Å²) in [4.78, 5) is 29.7. The van der Waals surface area contributed by atoms with Gasteiger partial charge in [-0.15, -0.1) is 11.8 Å². The molecule has 2 aromatic rings. The van der Waals surface area contributed by atoms with E-state index in [1.807, 2.05) is 52.8 Å². The molecule has 0 aliphatic carbocycles. The molecule has 0 saturated carbocycles. The molecule has 2 fully saturated rings. The molecule has 4 rings (SSSR count). The number of thioether (sulfide) groups is 1. The minimum Gasteiger partial charge on any atom is -0.338 e. The minimum absolute atomic E-state index is 0.0334. The SMILES string of the molecule is Cc1cccc(C(=O)N2CCSC23CCN(C(=O)c2ccc(Cl)cc2)CC3)c1. The third-order valence-electron chi connectivity index (χ3n) is 5.61. The molecule has 2 aliphatic rings. The van der Waals surface area contributed by atoms with Crippen LogP contribution in [0.25, 0.3) is 0 Å². The Labute approximate surface area is 174 Å². The molecular weight excluding hydrogens is 392 g/mol. The van der Waals surface area contributed by atoms with Gasteiger partial charge in [0.1, 0.15) is 0 Å². The zero-order valence-corrected chi connectivity index (χ0v) is 17.4. The number of carbonyl (C=O) groups is 2. The van der Waals surface area contributed by atoms with Crippen molar-refractivity contribution in [3.8, 4) is 0 Å². The second kappa shape index (κ2) is 7.80. The molecule has 28 heavy (non-hydrogen) atoms. The average Bonchev–Trinajstić information content (AvgIpc) is 3.11. The summed E-state index contributed by atoms with van der Waals surface area (Å²) < 4.78 is 0. The molecule has 0 bridgehead atoms. The fourth-order valence-corrected chi connectivity index (χ4v) is 5.66. The summed E-state index contributed by atoms with van der Waals surface area (Å²) in [5.41, 5.74) is 2.50. The van der Waals surface area contributed by atoms with Crippen LogP contribution in [0.2, 0.25) is 5.02 Å². The first-order valence-electron chi connectivity index (χ1n) is 9.56. The van der Waals surface area contributed by atoms with Crippen LogP contribution in [0.1, 0.15) is 39.1 Å². The van der Waals surface area contributed by atoms with E-state index in [1.165, 1.54) is 0 Å². The van der Waals surface area contributed by atoms with Crippen LogP contribution in [0.4, 0.5) is 0 Å². The molecule has 0 radical (unpaired) electrons. The Morgan fingerprint density at radius 2 is 1.68 bits per heavy atom. The summed E-state index contributed by atoms with van der Waals surface area (Å²) in [6, 6.07) is 14.8. The first-order chi connectivity index (χ1) is 13.5. The van der Waals surface area contributed by atoms with E-state index in [2.05, 4.69) is 0 Å². The highest BCUT2D eigenvalue weighted by Gasteiger charge is 2.47. The Balaban J connectivity index is 1.47. The maximum atomic E-state index is 13.2. The molecule has 0 unspecified atom stereocenters. The number of rotatable bonds is 2. The molecule has 2 aromatic carbocycles. The number of benzene rings is 2. The van der Waals surface area contributed by atoms with E-state index in [-0.39, 0.29) is 16.7 Å². The van der Waals surface area contributed by atoms with Crippen LogP contribution in [-0.2, 0) is 0 Å². The van der Waals surface area contributed by atoms with Gasteiger partial charge in [-0.3, -0.25) is 9.59 Å². The molecule has 146 valence electrons. The van der Waals surface area contributed by atoms with Crippen molar-refractivity contribution >= 4 is 35.2 Å². The van der Waals surface area contributed by atoms with Gasteiger partial charge in [0.15, 0.2) is 0 Å². The molecule has 2 amide bonds. The molecule has 0 N–H and O–H groups in total. The van der Waals surface area contributed by atoms with Crippen LogP contribution in [0.3, 0.4) is 0 Å². The molecule has 0 aromatic heterocycles. The van der Waals surface area contributed by atoms with Crippen molar-refractivity contribution in [3.63, 3.8) is 0 Å². The van der Waals surface area contributed by atoms with Crippen LogP contribution >= 0.6 is 23.4 Å². The standard InChI is InChI=1S/C22H23ClN2O2S/c1-16-3-2-4-18(15-16)21(27)25-13-14-28-22(25)9-11-24(12-10-22)20(26)17-5-7-19(23)8-6-17/h2-8,15H,9-14H2,1H3. The van der Waals surface area contributed by atoms with E-state index in [1.54, 1.807) is 24.3 Å². The largest absolute Gasteiger partial charge is 0.338 e. The van der Waals surface area contributed by atoms with E-state index in [0.29, 0.717) is 23.7 Å². The van der Waals surface area contributed by atoms with Gasteiger partial charge in [-0.05, 0) is 56.2 Å². The monoisotopic (exact) mass is 414 g/mol. The topological polar surface area (TPSA) is 40.6 Å². The third kappa shape index (κ3) is 3.65. The predicted octanol–water partition coefficient (Wildman–Crippen LogP) is 4.47. The summed E-state index contributed by atoms with van der Waals surface area (Å²) in [5, 5.41) is 0.627. The molecule has 2 aliphatic heterocycles. The Morgan fingerprint density at radius 3 is 2.36 bits per heavy atom. The van der Waals surface area contributed by atoms with Gasteiger partial charge >= 0.3 is 0 Å². The van der Waals surface area contributed by atoms with Crippen LogP contribution < -0.4 is 0 Å². The van der Waals surface area contributed by atoms with Crippen LogP contribution in [-0.4, -0.2) is 51.9 Å². The summed E-state index contributed by atoms with van der Waals surface area (Å²) in [6.07, 6.45) is 1.60. The molecule has 2 saturated heterocycles. The number of hydrogen-bond acceptors (Lipinski definition) is 3. The second-order valence-corrected chi connectivity index (χ2v) is 9.31. The summed E-state index contributed by atoms with van der Waals surface area (Å²) in [5.74, 6) is 1.08. The highest BCUT2D eigenvalue weighted by Crippen LogP contribution is 2.44. The predicted molar refractivity (Wildman–Crippen MR) is 114 cm³/mol. The lowest BCUT2D eigenvalue weighted by Gasteiger charge is -2.44. The van der Waals surface area contributed by atoms with E-state index in [9.17, 15) is 9.59 Å². The lowest BCUT2D eigenvalue weighted by Crippen LogP contribution is -2.53. The zero-order valence-electron chi connectivity index (χ0n) is 15.9. The molecule has 4 nitrogen and oxygen atoms in total. The van der Waals surface area contributed by atoms with Crippen molar-refractivity contribution in [2.45, 2.75) is 24.6 Å². The number of amides is 2. The van der Waals surface area contributed by atoms with Gasteiger partial charge in [-0.2, -0.15) is 0 Å². The summed E-state index contributed by atoms with van der Waals surface area (Å²) in [7, 11) is 0. The lowest BCUT2D eigenvalue weighted by molar-refractivity contribution is 0.0497. The number of carbonyl (C=O) groups excluding carboxylic acids is 2. The molecule has 2 heterocycles. The lowest BCUT2D eigenvalue weighted by atomic mass is 9.99. The van der Waals surface area contributed by atoms with Gasteiger partial charge in [0.25, 0.3) is 11.8 Å². The fourth-order valence-electron chi connectivity index (χ4n) is 4.08. The number of aryl methyl sites for hydroxylation is 1. The average molecular weight is 415 g/mol. The highest BCUT2D eigenvalue weighted by atomic mass is 35.5. The quantitative estimate of drug-likeness (QED) is 0.727. The molecular formula is C22H23ClN2O2S. The maximum Gasteiger partial charge on any atom is 0.255 e. The Kier molecular flexibility index (Phi) is 5.39. The number of halogens is 1. The third-order valence-corrected chi connectivity index (χ3v) is 7.42. The van der Waals surface area contributed by atoms with Crippen LogP contribution in [0.15, 0.2) is 48.5 Å². The van der Waals surface area contributed by atoms with E-state index < -0.39 is 0 Å². The van der Waals surface area contributed by atoms with Crippen molar-refractivity contribution in [1.29, 1.82) is 0 Å².